The Morgan fingerprint density at radius 1 is 1.10 bits per heavy atom. The van der Waals surface area contributed by atoms with Gasteiger partial charge in [-0.1, -0.05) is 30.3 Å². The summed E-state index contributed by atoms with van der Waals surface area (Å²) in [6, 6.07) is 16.9. The molecule has 2 heterocycles. The topological polar surface area (TPSA) is 95.9 Å². The van der Waals surface area contributed by atoms with Crippen LogP contribution in [-0.4, -0.2) is 44.7 Å². The highest BCUT2D eigenvalue weighted by molar-refractivity contribution is 5.79. The lowest BCUT2D eigenvalue weighted by Crippen LogP contribution is -2.23. The van der Waals surface area contributed by atoms with E-state index in [1.54, 1.807) is 23.7 Å². The summed E-state index contributed by atoms with van der Waals surface area (Å²) in [6.45, 7) is 0. The van der Waals surface area contributed by atoms with Gasteiger partial charge < -0.3 is 10.2 Å². The van der Waals surface area contributed by atoms with Gasteiger partial charge >= 0.3 is 0 Å². The van der Waals surface area contributed by atoms with Crippen molar-refractivity contribution in [2.75, 3.05) is 19.4 Å². The molecule has 0 unspecified atom stereocenters. The number of carbonyl (C=O) groups is 1. The largest absolute Gasteiger partial charge is 0.349 e. The predicted octanol–water partition coefficient (Wildman–Crippen LogP) is 2.48. The molecule has 0 atom stereocenters. The number of fused-ring (bicyclic) bond motifs is 1. The summed E-state index contributed by atoms with van der Waals surface area (Å²) >= 11 is 0. The second kappa shape index (κ2) is 7.59. The highest BCUT2D eigenvalue weighted by atomic mass is 16.2. The molecule has 8 heteroatoms. The number of hydrogen-bond donors (Lipinski definition) is 2. The Bertz CT molecular complexity index is 1210. The zero-order chi connectivity index (χ0) is 20.4. The van der Waals surface area contributed by atoms with Crippen molar-refractivity contribution in [2.45, 2.75) is 6.42 Å². The Morgan fingerprint density at radius 2 is 1.83 bits per heavy atom. The van der Waals surface area contributed by atoms with Gasteiger partial charge in [-0.25, -0.2) is 4.68 Å². The van der Waals surface area contributed by atoms with E-state index in [1.165, 1.54) is 6.20 Å². The van der Waals surface area contributed by atoms with Crippen LogP contribution < -0.4 is 10.9 Å². The van der Waals surface area contributed by atoms with Crippen molar-refractivity contribution in [3.05, 3.63) is 76.7 Å². The minimum atomic E-state index is -0.270. The molecule has 0 aliphatic rings. The number of aromatic amines is 1. The molecule has 8 nitrogen and oxygen atoms in total. The number of likely N-dealkylation sites (N-methyl/N-ethyl adjacent to an activating group) is 1. The molecule has 2 aromatic heterocycles. The maximum absolute atomic E-state index is 12.4. The summed E-state index contributed by atoms with van der Waals surface area (Å²) < 4.78 is 1.63. The van der Waals surface area contributed by atoms with Gasteiger partial charge in [-0.15, -0.1) is 0 Å². The van der Waals surface area contributed by atoms with E-state index >= 15 is 0 Å². The maximum atomic E-state index is 12.4. The molecule has 29 heavy (non-hydrogen) atoms. The number of rotatable bonds is 5. The van der Waals surface area contributed by atoms with Crippen molar-refractivity contribution < 1.29 is 4.79 Å². The van der Waals surface area contributed by atoms with Crippen LogP contribution in [0.5, 0.6) is 0 Å². The number of para-hydroxylation sites is 1. The zero-order valence-corrected chi connectivity index (χ0v) is 16.1. The van der Waals surface area contributed by atoms with E-state index in [1.807, 2.05) is 54.6 Å². The molecule has 4 rings (SSSR count). The van der Waals surface area contributed by atoms with Crippen molar-refractivity contribution in [3.8, 4) is 5.69 Å². The Morgan fingerprint density at radius 3 is 2.52 bits per heavy atom. The van der Waals surface area contributed by atoms with Crippen LogP contribution >= 0.6 is 0 Å². The molecule has 4 aromatic rings. The lowest BCUT2D eigenvalue weighted by atomic mass is 10.1. The second-order valence-electron chi connectivity index (χ2n) is 6.83. The lowest BCUT2D eigenvalue weighted by molar-refractivity contribution is -0.127. The number of amides is 1. The Labute approximate surface area is 166 Å². The van der Waals surface area contributed by atoms with Crippen molar-refractivity contribution >= 4 is 28.6 Å². The normalized spacial score (nSPS) is 10.8. The third-order valence-electron chi connectivity index (χ3n) is 4.51. The third kappa shape index (κ3) is 3.86. The van der Waals surface area contributed by atoms with Crippen molar-refractivity contribution in [2.24, 2.45) is 0 Å². The average molecular weight is 388 g/mol. The number of nitrogens with zero attached hydrogens (tertiary/aromatic N) is 4. The fourth-order valence-corrected chi connectivity index (χ4v) is 2.91. The summed E-state index contributed by atoms with van der Waals surface area (Å²) in [4.78, 5) is 33.1. The second-order valence-corrected chi connectivity index (χ2v) is 6.83. The number of nitrogens with one attached hydrogen (secondary N) is 2. The van der Waals surface area contributed by atoms with Crippen LogP contribution in [-0.2, 0) is 11.2 Å². The van der Waals surface area contributed by atoms with Crippen molar-refractivity contribution in [3.63, 3.8) is 0 Å². The fraction of sp³-hybridized carbons (Fsp3) is 0.143. The highest BCUT2D eigenvalue weighted by Crippen LogP contribution is 2.18. The first kappa shape index (κ1) is 18.4. The van der Waals surface area contributed by atoms with Crippen LogP contribution in [0, 0.1) is 0 Å². The SMILES string of the molecule is CN(C)C(=O)Cc1ccc(Nc2nc3c(cnn3-c3ccccc3)c(=O)[nH]2)cc1. The van der Waals surface area contributed by atoms with Gasteiger partial charge in [0.15, 0.2) is 5.65 Å². The van der Waals surface area contributed by atoms with Crippen molar-refractivity contribution in [1.29, 1.82) is 0 Å². The molecule has 0 spiro atoms. The van der Waals surface area contributed by atoms with Crippen LogP contribution in [0.25, 0.3) is 16.7 Å². The van der Waals surface area contributed by atoms with E-state index in [0.717, 1.165) is 16.9 Å². The standard InChI is InChI=1S/C21H20N6O2/c1-26(2)18(28)12-14-8-10-15(11-9-14)23-21-24-19-17(20(29)25-21)13-22-27(19)16-6-4-3-5-7-16/h3-11,13H,12H2,1-2H3,(H2,23,24,25,29). The van der Waals surface area contributed by atoms with Crippen molar-refractivity contribution in [1.82, 2.24) is 24.6 Å². The van der Waals surface area contributed by atoms with Gasteiger partial charge in [-0.05, 0) is 29.8 Å². The number of aromatic nitrogens is 4. The molecule has 0 radical (unpaired) electrons. The number of carbonyl (C=O) groups excluding carboxylic acids is 1. The summed E-state index contributed by atoms with van der Waals surface area (Å²) in [5, 5.41) is 7.82. The molecule has 0 saturated carbocycles. The van der Waals surface area contributed by atoms with E-state index in [9.17, 15) is 9.59 Å². The molecule has 2 N–H and O–H groups in total. The zero-order valence-electron chi connectivity index (χ0n) is 16.1. The summed E-state index contributed by atoms with van der Waals surface area (Å²) in [7, 11) is 3.47. The van der Waals surface area contributed by atoms with Gasteiger partial charge in [0.05, 0.1) is 18.3 Å². The minimum Gasteiger partial charge on any atom is -0.349 e. The summed E-state index contributed by atoms with van der Waals surface area (Å²) in [5.41, 5.74) is 2.68. The highest BCUT2D eigenvalue weighted by Gasteiger charge is 2.12. The van der Waals surface area contributed by atoms with Gasteiger partial charge in [0.1, 0.15) is 5.39 Å². The van der Waals surface area contributed by atoms with Crippen LogP contribution in [0.3, 0.4) is 0 Å². The monoisotopic (exact) mass is 388 g/mol. The Kier molecular flexibility index (Phi) is 4.82. The van der Waals surface area contributed by atoms with E-state index in [4.69, 9.17) is 0 Å². The first-order chi connectivity index (χ1) is 14.0. The third-order valence-corrected chi connectivity index (χ3v) is 4.51. The van der Waals surface area contributed by atoms with Gasteiger partial charge in [0.25, 0.3) is 5.56 Å². The molecule has 0 aliphatic carbocycles. The number of anilines is 2. The molecule has 0 aliphatic heterocycles. The molecule has 0 saturated heterocycles. The Balaban J connectivity index is 1.61. The van der Waals surface area contributed by atoms with Gasteiger partial charge in [0.2, 0.25) is 11.9 Å². The van der Waals surface area contributed by atoms with Crippen LogP contribution in [0.15, 0.2) is 65.6 Å². The molecule has 2 aromatic carbocycles. The van der Waals surface area contributed by atoms with Crippen LogP contribution in [0.1, 0.15) is 5.56 Å². The maximum Gasteiger partial charge on any atom is 0.263 e. The van der Waals surface area contributed by atoms with E-state index in [-0.39, 0.29) is 11.5 Å². The lowest BCUT2D eigenvalue weighted by Gasteiger charge is -2.11. The summed E-state index contributed by atoms with van der Waals surface area (Å²) in [6.07, 6.45) is 1.85. The van der Waals surface area contributed by atoms with E-state index < -0.39 is 0 Å². The first-order valence-corrected chi connectivity index (χ1v) is 9.11. The van der Waals surface area contributed by atoms with Gasteiger partial charge in [-0.3, -0.25) is 14.6 Å². The molecule has 0 fully saturated rings. The number of hydrogen-bond acceptors (Lipinski definition) is 5. The molecule has 0 bridgehead atoms. The first-order valence-electron chi connectivity index (χ1n) is 9.11. The summed E-state index contributed by atoms with van der Waals surface area (Å²) in [5.74, 6) is 0.355. The van der Waals surface area contributed by atoms with E-state index in [2.05, 4.69) is 20.4 Å². The van der Waals surface area contributed by atoms with Gasteiger partial charge in [0, 0.05) is 19.8 Å². The predicted molar refractivity (Wildman–Crippen MR) is 112 cm³/mol. The fourth-order valence-electron chi connectivity index (χ4n) is 2.91. The van der Waals surface area contributed by atoms with Crippen LogP contribution in [0.2, 0.25) is 0 Å². The van der Waals surface area contributed by atoms with Crippen LogP contribution in [0.4, 0.5) is 11.6 Å². The molecular weight excluding hydrogens is 368 g/mol. The van der Waals surface area contributed by atoms with Gasteiger partial charge in [-0.2, -0.15) is 10.1 Å². The molecular formula is C21H20N6O2. The smallest absolute Gasteiger partial charge is 0.263 e. The average Bonchev–Trinajstić information content (AvgIpc) is 3.14. The number of H-pyrrole nitrogens is 1. The number of benzene rings is 2. The van der Waals surface area contributed by atoms with E-state index in [0.29, 0.717) is 23.4 Å². The minimum absolute atomic E-state index is 0.0383. The quantitative estimate of drug-likeness (QED) is 0.548. The molecule has 146 valence electrons. The Hall–Kier alpha value is -3.94. The molecule has 1 amide bonds.